The molecule has 1 aromatic carbocycles. The largest absolute Gasteiger partial charge is 0.320 e. The van der Waals surface area contributed by atoms with Crippen molar-refractivity contribution in [1.29, 1.82) is 0 Å². The molecule has 1 N–H and O–H groups in total. The molecular formula is C13H15N3O2. The molecular weight excluding hydrogens is 230 g/mol. The van der Waals surface area contributed by atoms with E-state index in [4.69, 9.17) is 0 Å². The molecule has 0 aliphatic rings. The van der Waals surface area contributed by atoms with E-state index in [0.29, 0.717) is 11.4 Å². The van der Waals surface area contributed by atoms with Gasteiger partial charge in [-0.1, -0.05) is 18.2 Å². The van der Waals surface area contributed by atoms with Crippen molar-refractivity contribution in [1.82, 2.24) is 9.36 Å². The van der Waals surface area contributed by atoms with Crippen LogP contribution in [0.2, 0.25) is 0 Å². The second kappa shape index (κ2) is 4.52. The number of hydrogen-bond acceptors (Lipinski definition) is 2. The first-order valence-corrected chi connectivity index (χ1v) is 5.64. The molecule has 1 amide bonds. The van der Waals surface area contributed by atoms with Crippen LogP contribution in [0, 0.1) is 6.92 Å². The second-order valence-electron chi connectivity index (χ2n) is 4.12. The van der Waals surface area contributed by atoms with E-state index in [1.54, 1.807) is 18.7 Å². The minimum atomic E-state index is -0.249. The van der Waals surface area contributed by atoms with Crippen molar-refractivity contribution in [3.8, 4) is 5.69 Å². The minimum absolute atomic E-state index is 0.216. The van der Waals surface area contributed by atoms with Gasteiger partial charge in [0.1, 0.15) is 5.69 Å². The number of carbonyl (C=O) groups is 1. The highest BCUT2D eigenvalue weighted by Gasteiger charge is 2.16. The van der Waals surface area contributed by atoms with E-state index in [2.05, 4.69) is 5.32 Å². The zero-order chi connectivity index (χ0) is 13.3. The van der Waals surface area contributed by atoms with Crippen LogP contribution in [0.25, 0.3) is 5.69 Å². The number of rotatable bonds is 2. The maximum absolute atomic E-state index is 12.0. The topological polar surface area (TPSA) is 56.0 Å². The molecule has 0 atom stereocenters. The highest BCUT2D eigenvalue weighted by Crippen LogP contribution is 2.15. The van der Waals surface area contributed by atoms with Gasteiger partial charge in [0.25, 0.3) is 5.56 Å². The zero-order valence-electron chi connectivity index (χ0n) is 10.6. The average molecular weight is 245 g/mol. The van der Waals surface area contributed by atoms with Crippen LogP contribution in [-0.4, -0.2) is 15.3 Å². The number of nitrogens with one attached hydrogen (secondary N) is 1. The van der Waals surface area contributed by atoms with Crippen LogP contribution in [0.1, 0.15) is 12.6 Å². The van der Waals surface area contributed by atoms with Gasteiger partial charge < -0.3 is 5.32 Å². The lowest BCUT2D eigenvalue weighted by atomic mass is 10.3. The first kappa shape index (κ1) is 12.2. The smallest absolute Gasteiger partial charge is 0.290 e. The third-order valence-corrected chi connectivity index (χ3v) is 2.79. The highest BCUT2D eigenvalue weighted by atomic mass is 16.2. The standard InChI is InChI=1S/C13H15N3O2/c1-9-12(14-10(2)17)13(18)15(3)16(9)11-7-5-4-6-8-11/h4-8H,1-3H3,(H,14,17). The summed E-state index contributed by atoms with van der Waals surface area (Å²) in [4.78, 5) is 23.2. The molecule has 0 aliphatic carbocycles. The molecule has 0 fully saturated rings. The van der Waals surface area contributed by atoms with Crippen LogP contribution < -0.4 is 10.9 Å². The molecule has 94 valence electrons. The van der Waals surface area contributed by atoms with E-state index < -0.39 is 0 Å². The van der Waals surface area contributed by atoms with Gasteiger partial charge in [-0.15, -0.1) is 0 Å². The van der Waals surface area contributed by atoms with Crippen LogP contribution in [0.3, 0.4) is 0 Å². The molecule has 1 heterocycles. The van der Waals surface area contributed by atoms with Crippen molar-refractivity contribution in [3.05, 3.63) is 46.4 Å². The summed E-state index contributed by atoms with van der Waals surface area (Å²) in [5, 5.41) is 2.58. The molecule has 5 nitrogen and oxygen atoms in total. The van der Waals surface area contributed by atoms with E-state index in [0.717, 1.165) is 5.69 Å². The molecule has 2 rings (SSSR count). The normalized spacial score (nSPS) is 10.4. The SMILES string of the molecule is CC(=O)Nc1c(C)n(-c2ccccc2)n(C)c1=O. The van der Waals surface area contributed by atoms with Crippen molar-refractivity contribution >= 4 is 11.6 Å². The Morgan fingerprint density at radius 2 is 1.83 bits per heavy atom. The van der Waals surface area contributed by atoms with Crippen LogP contribution >= 0.6 is 0 Å². The summed E-state index contributed by atoms with van der Waals surface area (Å²) in [5.74, 6) is -0.249. The number of benzene rings is 1. The Hall–Kier alpha value is -2.30. The van der Waals surface area contributed by atoms with Crippen LogP contribution in [-0.2, 0) is 11.8 Å². The summed E-state index contributed by atoms with van der Waals surface area (Å²) < 4.78 is 3.25. The van der Waals surface area contributed by atoms with Crippen LogP contribution in [0.4, 0.5) is 5.69 Å². The molecule has 0 spiro atoms. The van der Waals surface area contributed by atoms with Gasteiger partial charge in [-0.3, -0.25) is 14.3 Å². The maximum Gasteiger partial charge on any atom is 0.290 e. The van der Waals surface area contributed by atoms with Crippen molar-refractivity contribution < 1.29 is 4.79 Å². The van der Waals surface area contributed by atoms with Gasteiger partial charge in [-0.05, 0) is 19.1 Å². The predicted molar refractivity (Wildman–Crippen MR) is 70.1 cm³/mol. The monoisotopic (exact) mass is 245 g/mol. The quantitative estimate of drug-likeness (QED) is 0.870. The van der Waals surface area contributed by atoms with Crippen molar-refractivity contribution in [2.75, 3.05) is 5.32 Å². The van der Waals surface area contributed by atoms with Gasteiger partial charge in [0.05, 0.1) is 11.4 Å². The molecule has 0 unspecified atom stereocenters. The first-order valence-electron chi connectivity index (χ1n) is 5.64. The second-order valence-corrected chi connectivity index (χ2v) is 4.12. The van der Waals surface area contributed by atoms with Crippen LogP contribution in [0.15, 0.2) is 35.1 Å². The minimum Gasteiger partial charge on any atom is -0.320 e. The lowest BCUT2D eigenvalue weighted by Gasteiger charge is -2.09. The number of hydrogen-bond donors (Lipinski definition) is 1. The van der Waals surface area contributed by atoms with E-state index >= 15 is 0 Å². The molecule has 18 heavy (non-hydrogen) atoms. The Labute approximate surface area is 105 Å². The zero-order valence-corrected chi connectivity index (χ0v) is 10.6. The maximum atomic E-state index is 12.0. The van der Waals surface area contributed by atoms with E-state index in [1.807, 2.05) is 30.3 Å². The molecule has 0 saturated carbocycles. The lowest BCUT2D eigenvalue weighted by molar-refractivity contribution is -0.114. The van der Waals surface area contributed by atoms with Gasteiger partial charge in [-0.25, -0.2) is 4.68 Å². The third kappa shape index (κ3) is 1.95. The van der Waals surface area contributed by atoms with Crippen molar-refractivity contribution in [2.45, 2.75) is 13.8 Å². The van der Waals surface area contributed by atoms with Crippen LogP contribution in [0.5, 0.6) is 0 Å². The summed E-state index contributed by atoms with van der Waals surface area (Å²) in [5.41, 5.74) is 1.70. The summed E-state index contributed by atoms with van der Waals surface area (Å²) in [6, 6.07) is 9.53. The third-order valence-electron chi connectivity index (χ3n) is 2.79. The van der Waals surface area contributed by atoms with E-state index in [1.165, 1.54) is 11.6 Å². The first-order chi connectivity index (χ1) is 8.52. The summed E-state index contributed by atoms with van der Waals surface area (Å²) in [6.07, 6.45) is 0. The fourth-order valence-corrected chi connectivity index (χ4v) is 1.99. The summed E-state index contributed by atoms with van der Waals surface area (Å²) in [6.45, 7) is 3.19. The molecule has 2 aromatic rings. The fourth-order valence-electron chi connectivity index (χ4n) is 1.99. The van der Waals surface area contributed by atoms with Gasteiger partial charge in [0, 0.05) is 14.0 Å². The number of anilines is 1. The Morgan fingerprint density at radius 3 is 2.39 bits per heavy atom. The molecule has 1 aromatic heterocycles. The van der Waals surface area contributed by atoms with Crippen molar-refractivity contribution in [3.63, 3.8) is 0 Å². The van der Waals surface area contributed by atoms with Gasteiger partial charge >= 0.3 is 0 Å². The Kier molecular flexibility index (Phi) is 3.06. The Bertz CT molecular complexity index is 638. The predicted octanol–water partition coefficient (Wildman–Crippen LogP) is 1.44. The van der Waals surface area contributed by atoms with Gasteiger partial charge in [0.15, 0.2) is 0 Å². The average Bonchev–Trinajstić information content (AvgIpc) is 2.54. The van der Waals surface area contributed by atoms with E-state index in [-0.39, 0.29) is 11.5 Å². The molecule has 0 saturated heterocycles. The highest BCUT2D eigenvalue weighted by molar-refractivity contribution is 5.89. The lowest BCUT2D eigenvalue weighted by Crippen LogP contribution is -2.20. The number of amides is 1. The number of carbonyl (C=O) groups excluding carboxylic acids is 1. The van der Waals surface area contributed by atoms with E-state index in [9.17, 15) is 9.59 Å². The molecule has 0 radical (unpaired) electrons. The molecule has 0 aliphatic heterocycles. The van der Waals surface area contributed by atoms with Gasteiger partial charge in [-0.2, -0.15) is 0 Å². The molecule has 5 heteroatoms. The number of para-hydroxylation sites is 1. The fraction of sp³-hybridized carbons (Fsp3) is 0.231. The Morgan fingerprint density at radius 1 is 1.22 bits per heavy atom. The number of aromatic nitrogens is 2. The summed E-state index contributed by atoms with van der Waals surface area (Å²) >= 11 is 0. The molecule has 0 bridgehead atoms. The van der Waals surface area contributed by atoms with Gasteiger partial charge in [0.2, 0.25) is 5.91 Å². The Balaban J connectivity index is 2.64. The number of nitrogens with zero attached hydrogens (tertiary/aromatic N) is 2. The summed E-state index contributed by atoms with van der Waals surface area (Å²) in [7, 11) is 1.67. The van der Waals surface area contributed by atoms with Crippen molar-refractivity contribution in [2.24, 2.45) is 7.05 Å².